The second-order valence-corrected chi connectivity index (χ2v) is 10.4. The first-order valence-corrected chi connectivity index (χ1v) is 12.2. The van der Waals surface area contributed by atoms with E-state index in [9.17, 15) is 5.11 Å². The monoisotopic (exact) mass is 413 g/mol. The third-order valence-electron chi connectivity index (χ3n) is 6.77. The van der Waals surface area contributed by atoms with E-state index in [4.69, 9.17) is 4.99 Å². The number of aromatic hydroxyl groups is 1. The summed E-state index contributed by atoms with van der Waals surface area (Å²) in [6, 6.07) is 4.79. The summed E-state index contributed by atoms with van der Waals surface area (Å²) >= 11 is 0. The standard InChI is InChI=1S/C26H43N3O/c1-5-6-12-28-13-15-29(16-14-28)20-22-18-23(26(2,3)4)17-21(25(22)30)19-27-24-10-8-7-9-11-24/h17-19,24,30H,5-16,20H2,1-4H3. The molecule has 0 radical (unpaired) electrons. The van der Waals surface area contributed by atoms with Crippen LogP contribution in [-0.4, -0.2) is 59.9 Å². The van der Waals surface area contributed by atoms with E-state index in [1.54, 1.807) is 0 Å². The largest absolute Gasteiger partial charge is 0.507 e. The molecule has 1 saturated heterocycles. The molecule has 0 atom stereocenters. The Hall–Kier alpha value is -1.39. The zero-order chi connectivity index (χ0) is 21.6. The number of hydrogen-bond acceptors (Lipinski definition) is 4. The molecule has 1 aliphatic heterocycles. The molecule has 0 aromatic heterocycles. The van der Waals surface area contributed by atoms with Crippen molar-refractivity contribution in [1.29, 1.82) is 0 Å². The van der Waals surface area contributed by atoms with Crippen LogP contribution in [0.25, 0.3) is 0 Å². The van der Waals surface area contributed by atoms with Crippen molar-refractivity contribution in [3.05, 3.63) is 28.8 Å². The highest BCUT2D eigenvalue weighted by atomic mass is 16.3. The van der Waals surface area contributed by atoms with Crippen LogP contribution in [-0.2, 0) is 12.0 Å². The lowest BCUT2D eigenvalue weighted by Crippen LogP contribution is -2.46. The Kier molecular flexibility index (Phi) is 8.35. The number of hydrogen-bond donors (Lipinski definition) is 1. The van der Waals surface area contributed by atoms with Crippen LogP contribution in [0.5, 0.6) is 5.75 Å². The van der Waals surface area contributed by atoms with Crippen molar-refractivity contribution in [3.63, 3.8) is 0 Å². The van der Waals surface area contributed by atoms with Crippen molar-refractivity contribution in [1.82, 2.24) is 9.80 Å². The van der Waals surface area contributed by atoms with Gasteiger partial charge in [0.2, 0.25) is 0 Å². The highest BCUT2D eigenvalue weighted by molar-refractivity contribution is 5.84. The van der Waals surface area contributed by atoms with E-state index >= 15 is 0 Å². The Balaban J connectivity index is 1.74. The van der Waals surface area contributed by atoms with Gasteiger partial charge in [0.05, 0.1) is 0 Å². The number of rotatable bonds is 7. The van der Waals surface area contributed by atoms with Gasteiger partial charge in [-0.3, -0.25) is 9.89 Å². The van der Waals surface area contributed by atoms with E-state index in [1.165, 1.54) is 57.1 Å². The second-order valence-electron chi connectivity index (χ2n) is 10.4. The lowest BCUT2D eigenvalue weighted by molar-refractivity contribution is 0.125. The van der Waals surface area contributed by atoms with Gasteiger partial charge in [0.1, 0.15) is 5.75 Å². The Morgan fingerprint density at radius 2 is 1.70 bits per heavy atom. The number of phenolic OH excluding ortho intramolecular Hbond substituents is 1. The van der Waals surface area contributed by atoms with E-state index in [0.717, 1.165) is 43.9 Å². The first-order valence-electron chi connectivity index (χ1n) is 12.2. The first kappa shape index (κ1) is 23.3. The number of piperazine rings is 1. The van der Waals surface area contributed by atoms with E-state index < -0.39 is 0 Å². The van der Waals surface area contributed by atoms with Crippen molar-refractivity contribution < 1.29 is 5.11 Å². The first-order chi connectivity index (χ1) is 14.4. The Labute approximate surface area is 184 Å². The van der Waals surface area contributed by atoms with Gasteiger partial charge in [-0.15, -0.1) is 0 Å². The molecule has 2 fully saturated rings. The number of unbranched alkanes of at least 4 members (excludes halogenated alkanes) is 1. The minimum Gasteiger partial charge on any atom is -0.507 e. The van der Waals surface area contributed by atoms with Gasteiger partial charge in [-0.05, 0) is 42.9 Å². The molecule has 30 heavy (non-hydrogen) atoms. The molecule has 1 aromatic carbocycles. The maximum atomic E-state index is 11.1. The summed E-state index contributed by atoms with van der Waals surface area (Å²) in [6.45, 7) is 15.5. The van der Waals surface area contributed by atoms with E-state index in [1.807, 2.05) is 6.21 Å². The van der Waals surface area contributed by atoms with Gasteiger partial charge in [0.15, 0.2) is 0 Å². The van der Waals surface area contributed by atoms with E-state index in [-0.39, 0.29) is 5.41 Å². The molecule has 0 amide bonds. The summed E-state index contributed by atoms with van der Waals surface area (Å²) in [7, 11) is 0. The lowest BCUT2D eigenvalue weighted by Gasteiger charge is -2.35. The fourth-order valence-corrected chi connectivity index (χ4v) is 4.58. The molecule has 2 aliphatic rings. The highest BCUT2D eigenvalue weighted by Gasteiger charge is 2.22. The van der Waals surface area contributed by atoms with Crippen LogP contribution in [0.2, 0.25) is 0 Å². The van der Waals surface area contributed by atoms with Crippen molar-refractivity contribution in [2.24, 2.45) is 4.99 Å². The molecule has 4 nitrogen and oxygen atoms in total. The van der Waals surface area contributed by atoms with Crippen LogP contribution in [0.4, 0.5) is 0 Å². The third kappa shape index (κ3) is 6.55. The summed E-state index contributed by atoms with van der Waals surface area (Å²) in [5.41, 5.74) is 3.27. The van der Waals surface area contributed by atoms with Crippen LogP contribution in [0, 0.1) is 0 Å². The third-order valence-corrected chi connectivity index (χ3v) is 6.77. The number of phenols is 1. The fraction of sp³-hybridized carbons (Fsp3) is 0.731. The average Bonchev–Trinajstić information content (AvgIpc) is 2.73. The zero-order valence-corrected chi connectivity index (χ0v) is 19.8. The van der Waals surface area contributed by atoms with Crippen molar-refractivity contribution in [2.45, 2.75) is 90.6 Å². The topological polar surface area (TPSA) is 39.1 Å². The van der Waals surface area contributed by atoms with Crippen LogP contribution in [0.3, 0.4) is 0 Å². The number of aliphatic imine (C=N–C) groups is 1. The smallest absolute Gasteiger partial charge is 0.128 e. The van der Waals surface area contributed by atoms with E-state index in [2.05, 4.69) is 49.6 Å². The zero-order valence-electron chi connectivity index (χ0n) is 19.8. The molecule has 0 bridgehead atoms. The molecular formula is C26H43N3O. The van der Waals surface area contributed by atoms with Crippen LogP contribution in [0.1, 0.15) is 89.3 Å². The van der Waals surface area contributed by atoms with Gasteiger partial charge < -0.3 is 10.0 Å². The van der Waals surface area contributed by atoms with Crippen molar-refractivity contribution >= 4 is 6.21 Å². The molecule has 1 aromatic rings. The van der Waals surface area contributed by atoms with E-state index in [0.29, 0.717) is 11.8 Å². The summed E-state index contributed by atoms with van der Waals surface area (Å²) in [6.07, 6.45) is 10.8. The van der Waals surface area contributed by atoms with Crippen molar-refractivity contribution in [3.8, 4) is 5.75 Å². The minimum absolute atomic E-state index is 0.0503. The van der Waals surface area contributed by atoms with Crippen molar-refractivity contribution in [2.75, 3.05) is 32.7 Å². The Morgan fingerprint density at radius 3 is 2.33 bits per heavy atom. The maximum Gasteiger partial charge on any atom is 0.128 e. The molecule has 0 unspecified atom stereocenters. The summed E-state index contributed by atoms with van der Waals surface area (Å²) in [5, 5.41) is 11.1. The van der Waals surface area contributed by atoms with Gasteiger partial charge in [0, 0.05) is 56.1 Å². The Bertz CT molecular complexity index is 693. The molecule has 4 heteroatoms. The predicted octanol–water partition coefficient (Wildman–Crippen LogP) is 5.36. The van der Waals surface area contributed by atoms with Crippen LogP contribution in [0.15, 0.2) is 17.1 Å². The SMILES string of the molecule is CCCCN1CCN(Cc2cc(C(C)(C)C)cc(C=NC3CCCCC3)c2O)CC1. The minimum atomic E-state index is 0.0503. The summed E-state index contributed by atoms with van der Waals surface area (Å²) < 4.78 is 0. The number of benzene rings is 1. The second kappa shape index (κ2) is 10.8. The summed E-state index contributed by atoms with van der Waals surface area (Å²) in [4.78, 5) is 9.93. The average molecular weight is 414 g/mol. The summed E-state index contributed by atoms with van der Waals surface area (Å²) in [5.74, 6) is 0.427. The van der Waals surface area contributed by atoms with Crippen LogP contribution >= 0.6 is 0 Å². The van der Waals surface area contributed by atoms with Crippen LogP contribution < -0.4 is 0 Å². The molecular weight excluding hydrogens is 370 g/mol. The Morgan fingerprint density at radius 1 is 1.03 bits per heavy atom. The number of nitrogens with zero attached hydrogens (tertiary/aromatic N) is 3. The molecule has 168 valence electrons. The maximum absolute atomic E-state index is 11.1. The fourth-order valence-electron chi connectivity index (χ4n) is 4.58. The molecule has 1 heterocycles. The molecule has 1 saturated carbocycles. The quantitative estimate of drug-likeness (QED) is 0.612. The van der Waals surface area contributed by atoms with Gasteiger partial charge in [0.25, 0.3) is 0 Å². The lowest BCUT2D eigenvalue weighted by atomic mass is 9.84. The molecule has 3 rings (SSSR count). The van der Waals surface area contributed by atoms with Gasteiger partial charge >= 0.3 is 0 Å². The van der Waals surface area contributed by atoms with Gasteiger partial charge in [-0.2, -0.15) is 0 Å². The highest BCUT2D eigenvalue weighted by Crippen LogP contribution is 2.32. The van der Waals surface area contributed by atoms with Gasteiger partial charge in [-0.25, -0.2) is 0 Å². The molecule has 1 N–H and O–H groups in total. The molecule has 1 aliphatic carbocycles. The van der Waals surface area contributed by atoms with Gasteiger partial charge in [-0.1, -0.05) is 59.4 Å². The predicted molar refractivity (Wildman–Crippen MR) is 128 cm³/mol. The normalized spacial score (nSPS) is 20.3. The molecule has 0 spiro atoms.